The summed E-state index contributed by atoms with van der Waals surface area (Å²) >= 11 is 0. The van der Waals surface area contributed by atoms with Crippen LogP contribution < -0.4 is 5.73 Å². The number of fused-ring (bicyclic) bond motifs is 1. The van der Waals surface area contributed by atoms with E-state index in [0.717, 1.165) is 24.0 Å². The summed E-state index contributed by atoms with van der Waals surface area (Å²) in [4.78, 5) is 13.9. The van der Waals surface area contributed by atoms with E-state index in [-0.39, 0.29) is 11.9 Å². The summed E-state index contributed by atoms with van der Waals surface area (Å²) in [7, 11) is 0. The smallest absolute Gasteiger partial charge is 0.410 e. The van der Waals surface area contributed by atoms with E-state index in [4.69, 9.17) is 15.9 Å². The minimum absolute atomic E-state index is 0.0750. The second kappa shape index (κ2) is 5.76. The Bertz CT molecular complexity index is 561. The van der Waals surface area contributed by atoms with Gasteiger partial charge in [-0.1, -0.05) is 12.1 Å². The Morgan fingerprint density at radius 3 is 2.43 bits per heavy atom. The third kappa shape index (κ3) is 3.97. The number of nitrogens with zero attached hydrogens (tertiary/aromatic N) is 1. The molecule has 1 aliphatic rings. The van der Waals surface area contributed by atoms with Gasteiger partial charge in [0.25, 0.3) is 0 Å². The van der Waals surface area contributed by atoms with Crippen LogP contribution in [-0.2, 0) is 17.6 Å². The van der Waals surface area contributed by atoms with Crippen LogP contribution in [0.1, 0.15) is 37.5 Å². The molecule has 0 aliphatic carbocycles. The van der Waals surface area contributed by atoms with Crippen LogP contribution in [0.3, 0.4) is 0 Å². The zero-order valence-electron chi connectivity index (χ0n) is 12.9. The molecule has 0 atom stereocenters. The minimum atomic E-state index is -0.474. The summed E-state index contributed by atoms with van der Waals surface area (Å²) in [5.41, 5.74) is 8.17. The van der Waals surface area contributed by atoms with Crippen molar-refractivity contribution in [3.63, 3.8) is 0 Å². The van der Waals surface area contributed by atoms with E-state index < -0.39 is 5.60 Å². The van der Waals surface area contributed by atoms with Crippen LogP contribution in [0.5, 0.6) is 0 Å². The highest BCUT2D eigenvalue weighted by Gasteiger charge is 2.24. The van der Waals surface area contributed by atoms with Crippen LogP contribution in [0.4, 0.5) is 4.79 Å². The molecule has 0 unspecified atom stereocenters. The van der Waals surface area contributed by atoms with Crippen molar-refractivity contribution in [3.8, 4) is 0 Å². The molecule has 1 heterocycles. The van der Waals surface area contributed by atoms with Gasteiger partial charge in [0.05, 0.1) is 0 Å². The highest BCUT2D eigenvalue weighted by molar-refractivity contribution is 5.95. The molecule has 0 aromatic heterocycles. The fourth-order valence-electron chi connectivity index (χ4n) is 2.40. The number of nitrogens with two attached hydrogens (primary N) is 1. The van der Waals surface area contributed by atoms with E-state index >= 15 is 0 Å². The standard InChI is InChI=1S/C16H23N3O2/c1-16(2,3)21-15(20)19-8-6-11-4-5-13(14(17)18)10-12(11)7-9-19/h4-5,10H,6-9H2,1-3H3,(H3,17,18). The van der Waals surface area contributed by atoms with E-state index in [2.05, 4.69) is 0 Å². The lowest BCUT2D eigenvalue weighted by atomic mass is 10.00. The fourth-order valence-corrected chi connectivity index (χ4v) is 2.40. The first-order valence-electron chi connectivity index (χ1n) is 7.20. The predicted octanol–water partition coefficient (Wildman–Crippen LogP) is 2.31. The number of benzene rings is 1. The van der Waals surface area contributed by atoms with Gasteiger partial charge in [0.1, 0.15) is 11.4 Å². The summed E-state index contributed by atoms with van der Waals surface area (Å²) in [6, 6.07) is 5.82. The van der Waals surface area contributed by atoms with Crippen molar-refractivity contribution in [2.24, 2.45) is 5.73 Å². The Kier molecular flexibility index (Phi) is 4.21. The monoisotopic (exact) mass is 289 g/mol. The molecule has 3 N–H and O–H groups in total. The summed E-state index contributed by atoms with van der Waals surface area (Å²) in [6.07, 6.45) is 1.30. The third-order valence-electron chi connectivity index (χ3n) is 3.47. The van der Waals surface area contributed by atoms with Crippen LogP contribution >= 0.6 is 0 Å². The van der Waals surface area contributed by atoms with Crippen LogP contribution in [0.2, 0.25) is 0 Å². The van der Waals surface area contributed by atoms with Gasteiger partial charge in [-0.2, -0.15) is 0 Å². The molecule has 0 fully saturated rings. The number of rotatable bonds is 1. The van der Waals surface area contributed by atoms with E-state index in [1.54, 1.807) is 4.90 Å². The van der Waals surface area contributed by atoms with Crippen molar-refractivity contribution in [3.05, 3.63) is 34.9 Å². The summed E-state index contributed by atoms with van der Waals surface area (Å²) in [6.45, 7) is 6.90. The topological polar surface area (TPSA) is 79.4 Å². The van der Waals surface area contributed by atoms with E-state index in [1.165, 1.54) is 5.56 Å². The summed E-state index contributed by atoms with van der Waals surface area (Å²) in [5.74, 6) is 0.0750. The quantitative estimate of drug-likeness (QED) is 0.615. The van der Waals surface area contributed by atoms with Gasteiger partial charge in [-0.25, -0.2) is 4.79 Å². The molecule has 2 rings (SSSR count). The highest BCUT2D eigenvalue weighted by atomic mass is 16.6. The molecule has 1 aromatic carbocycles. The number of nitrogen functional groups attached to an aromatic ring is 1. The Hall–Kier alpha value is -2.04. The Morgan fingerprint density at radius 2 is 1.86 bits per heavy atom. The molecule has 114 valence electrons. The maximum atomic E-state index is 12.1. The first kappa shape index (κ1) is 15.4. The predicted molar refractivity (Wildman–Crippen MR) is 82.7 cm³/mol. The van der Waals surface area contributed by atoms with Crippen molar-refractivity contribution in [1.29, 1.82) is 5.41 Å². The van der Waals surface area contributed by atoms with Gasteiger partial charge in [0.2, 0.25) is 0 Å². The molecule has 1 aliphatic heterocycles. The molecular weight excluding hydrogens is 266 g/mol. The molecule has 0 bridgehead atoms. The van der Waals surface area contributed by atoms with Crippen LogP contribution in [0.25, 0.3) is 0 Å². The second-order valence-corrected chi connectivity index (χ2v) is 6.36. The Labute approximate surface area is 125 Å². The lowest BCUT2D eigenvalue weighted by Crippen LogP contribution is -2.38. The maximum absolute atomic E-state index is 12.1. The van der Waals surface area contributed by atoms with Crippen molar-refractivity contribution >= 4 is 11.9 Å². The van der Waals surface area contributed by atoms with E-state index in [0.29, 0.717) is 13.1 Å². The highest BCUT2D eigenvalue weighted by Crippen LogP contribution is 2.19. The van der Waals surface area contributed by atoms with Gasteiger partial charge in [-0.3, -0.25) is 5.41 Å². The van der Waals surface area contributed by atoms with Gasteiger partial charge in [0, 0.05) is 18.7 Å². The molecule has 0 radical (unpaired) electrons. The molecule has 0 saturated carbocycles. The fraction of sp³-hybridized carbons (Fsp3) is 0.500. The number of amides is 1. The van der Waals surface area contributed by atoms with Gasteiger partial charge < -0.3 is 15.4 Å². The molecule has 5 nitrogen and oxygen atoms in total. The van der Waals surface area contributed by atoms with Gasteiger partial charge in [0.15, 0.2) is 0 Å². The Balaban J connectivity index is 2.10. The van der Waals surface area contributed by atoms with Gasteiger partial charge >= 0.3 is 6.09 Å². The van der Waals surface area contributed by atoms with Crippen molar-refractivity contribution in [2.75, 3.05) is 13.1 Å². The largest absolute Gasteiger partial charge is 0.444 e. The number of ether oxygens (including phenoxy) is 1. The van der Waals surface area contributed by atoms with E-state index in [1.807, 2.05) is 39.0 Å². The zero-order chi connectivity index (χ0) is 15.6. The molecule has 0 spiro atoms. The van der Waals surface area contributed by atoms with Crippen LogP contribution in [0.15, 0.2) is 18.2 Å². The summed E-state index contributed by atoms with van der Waals surface area (Å²) in [5, 5.41) is 7.51. The lowest BCUT2D eigenvalue weighted by Gasteiger charge is -2.26. The number of hydrogen-bond donors (Lipinski definition) is 2. The van der Waals surface area contributed by atoms with Crippen LogP contribution in [-0.4, -0.2) is 35.5 Å². The number of hydrogen-bond acceptors (Lipinski definition) is 3. The van der Waals surface area contributed by atoms with Crippen molar-refractivity contribution in [1.82, 2.24) is 4.90 Å². The van der Waals surface area contributed by atoms with Crippen molar-refractivity contribution < 1.29 is 9.53 Å². The molecule has 21 heavy (non-hydrogen) atoms. The molecule has 5 heteroatoms. The second-order valence-electron chi connectivity index (χ2n) is 6.36. The van der Waals surface area contributed by atoms with E-state index in [9.17, 15) is 4.79 Å². The van der Waals surface area contributed by atoms with Gasteiger partial charge in [-0.15, -0.1) is 0 Å². The molecule has 1 aromatic rings. The van der Waals surface area contributed by atoms with Crippen LogP contribution in [0, 0.1) is 5.41 Å². The average molecular weight is 289 g/mol. The first-order chi connectivity index (χ1) is 9.76. The minimum Gasteiger partial charge on any atom is -0.444 e. The first-order valence-corrected chi connectivity index (χ1v) is 7.20. The number of nitrogens with one attached hydrogen (secondary N) is 1. The molecular formula is C16H23N3O2. The SMILES string of the molecule is CC(C)(C)OC(=O)N1CCc2ccc(C(=N)N)cc2CC1. The maximum Gasteiger partial charge on any atom is 0.410 e. The Morgan fingerprint density at radius 1 is 1.24 bits per heavy atom. The summed E-state index contributed by atoms with van der Waals surface area (Å²) < 4.78 is 5.43. The number of carbonyl (C=O) groups excluding carboxylic acids is 1. The number of amidine groups is 1. The zero-order valence-corrected chi connectivity index (χ0v) is 12.9. The average Bonchev–Trinajstić information content (AvgIpc) is 2.58. The number of carbonyl (C=O) groups is 1. The van der Waals surface area contributed by atoms with Gasteiger partial charge in [-0.05, 0) is 50.8 Å². The molecule has 1 amide bonds. The normalized spacial score (nSPS) is 15.1. The third-order valence-corrected chi connectivity index (χ3v) is 3.47. The molecule has 0 saturated heterocycles. The lowest BCUT2D eigenvalue weighted by molar-refractivity contribution is 0.0258. The van der Waals surface area contributed by atoms with Crippen molar-refractivity contribution in [2.45, 2.75) is 39.2 Å².